The van der Waals surface area contributed by atoms with Crippen molar-refractivity contribution < 1.29 is 4.74 Å². The zero-order chi connectivity index (χ0) is 12.9. The first-order chi connectivity index (χ1) is 9.28. The highest BCUT2D eigenvalue weighted by atomic mass is 32.1. The predicted molar refractivity (Wildman–Crippen MR) is 76.3 cm³/mol. The van der Waals surface area contributed by atoms with Gasteiger partial charge in [-0.15, -0.1) is 0 Å². The number of hydrogen-bond acceptors (Lipinski definition) is 3. The van der Waals surface area contributed by atoms with Gasteiger partial charge >= 0.3 is 0 Å². The number of epoxide rings is 1. The lowest BCUT2D eigenvalue weighted by molar-refractivity contribution is 0.280. The molecule has 1 saturated heterocycles. The van der Waals surface area contributed by atoms with Crippen LogP contribution >= 0.6 is 12.2 Å². The molecule has 1 aliphatic carbocycles. The molecule has 1 fully saturated rings. The zero-order valence-corrected chi connectivity index (χ0v) is 11.3. The minimum Gasteiger partial charge on any atom is -0.363 e. The molecule has 0 radical (unpaired) electrons. The maximum atomic E-state index is 5.73. The van der Waals surface area contributed by atoms with Gasteiger partial charge in [0.15, 0.2) is 0 Å². The van der Waals surface area contributed by atoms with Crippen molar-refractivity contribution >= 4 is 17.1 Å². The molecule has 1 unspecified atom stereocenters. The van der Waals surface area contributed by atoms with Crippen molar-refractivity contribution in [2.75, 3.05) is 6.61 Å². The van der Waals surface area contributed by atoms with Gasteiger partial charge in [0.05, 0.1) is 18.6 Å². The van der Waals surface area contributed by atoms with Crippen molar-refractivity contribution in [3.05, 3.63) is 53.6 Å². The van der Waals surface area contributed by atoms with Crippen molar-refractivity contribution in [1.82, 2.24) is 9.55 Å². The minimum absolute atomic E-state index is 0.0943. The van der Waals surface area contributed by atoms with E-state index in [1.807, 2.05) is 12.4 Å². The van der Waals surface area contributed by atoms with E-state index in [-0.39, 0.29) is 5.60 Å². The molecule has 0 saturated carbocycles. The molecule has 2 aliphatic rings. The largest absolute Gasteiger partial charge is 0.363 e. The van der Waals surface area contributed by atoms with Crippen molar-refractivity contribution in [1.29, 1.82) is 0 Å². The topological polar surface area (TPSA) is 30.4 Å². The second-order valence-electron chi connectivity index (χ2n) is 5.26. The van der Waals surface area contributed by atoms with Crippen molar-refractivity contribution in [3.63, 3.8) is 0 Å². The molecule has 3 nitrogen and oxygen atoms in total. The van der Waals surface area contributed by atoms with E-state index in [4.69, 9.17) is 17.0 Å². The van der Waals surface area contributed by atoms with Crippen LogP contribution in [0.2, 0.25) is 0 Å². The number of rotatable bonds is 2. The third-order valence-corrected chi connectivity index (χ3v) is 4.38. The summed E-state index contributed by atoms with van der Waals surface area (Å²) in [7, 11) is 0. The van der Waals surface area contributed by atoms with Crippen LogP contribution < -0.4 is 0 Å². The number of imidazole rings is 1. The van der Waals surface area contributed by atoms with Gasteiger partial charge < -0.3 is 9.30 Å². The summed E-state index contributed by atoms with van der Waals surface area (Å²) in [6.45, 7) is 1.64. The van der Waals surface area contributed by atoms with Crippen LogP contribution in [0.25, 0.3) is 0 Å². The van der Waals surface area contributed by atoms with Gasteiger partial charge in [-0.05, 0) is 18.4 Å². The lowest BCUT2D eigenvalue weighted by Gasteiger charge is -2.21. The van der Waals surface area contributed by atoms with Gasteiger partial charge in [0.25, 0.3) is 0 Å². The highest BCUT2D eigenvalue weighted by Gasteiger charge is 2.52. The van der Waals surface area contributed by atoms with E-state index in [9.17, 15) is 0 Å². The minimum atomic E-state index is -0.0943. The molecule has 0 bridgehead atoms. The lowest BCUT2D eigenvalue weighted by atomic mass is 9.90. The number of nitrogens with zero attached hydrogens (tertiary/aromatic N) is 2. The molecule has 96 valence electrons. The Hall–Kier alpha value is -1.52. The van der Waals surface area contributed by atoms with E-state index in [0.717, 1.165) is 36.6 Å². The van der Waals surface area contributed by atoms with Gasteiger partial charge in [-0.1, -0.05) is 42.5 Å². The molecule has 0 amide bonds. The monoisotopic (exact) mass is 270 g/mol. The van der Waals surface area contributed by atoms with Crippen LogP contribution in [-0.4, -0.2) is 21.0 Å². The summed E-state index contributed by atoms with van der Waals surface area (Å²) in [6, 6.07) is 10.4. The number of fused-ring (bicyclic) bond motifs is 2. The number of benzene rings is 1. The molecule has 1 spiro atoms. The maximum Gasteiger partial charge on any atom is 0.134 e. The molecule has 2 heterocycles. The van der Waals surface area contributed by atoms with Crippen molar-refractivity contribution in [2.45, 2.75) is 25.0 Å². The van der Waals surface area contributed by atoms with Crippen molar-refractivity contribution in [3.8, 4) is 0 Å². The zero-order valence-electron chi connectivity index (χ0n) is 10.5. The van der Waals surface area contributed by atoms with E-state index >= 15 is 0 Å². The Kier molecular flexibility index (Phi) is 2.37. The fourth-order valence-electron chi connectivity index (χ4n) is 2.88. The molecule has 2 aromatic rings. The summed E-state index contributed by atoms with van der Waals surface area (Å²) in [4.78, 5) is 5.49. The molecule has 4 rings (SSSR count). The first-order valence-corrected chi connectivity index (χ1v) is 6.96. The van der Waals surface area contributed by atoms with Gasteiger partial charge in [-0.25, -0.2) is 4.98 Å². The Labute approximate surface area is 117 Å². The second-order valence-corrected chi connectivity index (χ2v) is 5.75. The SMILES string of the molecule is S=C1CCC2(CO2)c2c1ncn2Cc1ccccc1. The van der Waals surface area contributed by atoms with Crippen LogP contribution in [0.4, 0.5) is 0 Å². The average molecular weight is 270 g/mol. The Morgan fingerprint density at radius 2 is 2.11 bits per heavy atom. The van der Waals surface area contributed by atoms with E-state index < -0.39 is 0 Å². The van der Waals surface area contributed by atoms with Gasteiger partial charge in [-0.2, -0.15) is 0 Å². The van der Waals surface area contributed by atoms with Crippen LogP contribution in [-0.2, 0) is 16.9 Å². The van der Waals surface area contributed by atoms with E-state index in [0.29, 0.717) is 0 Å². The Balaban J connectivity index is 1.77. The number of thiocarbonyl (C=S) groups is 1. The third-order valence-electron chi connectivity index (χ3n) is 3.98. The molecular weight excluding hydrogens is 256 g/mol. The van der Waals surface area contributed by atoms with E-state index in [1.54, 1.807) is 0 Å². The summed E-state index contributed by atoms with van der Waals surface area (Å²) in [5.41, 5.74) is 3.35. The van der Waals surface area contributed by atoms with E-state index in [2.05, 4.69) is 33.8 Å². The summed E-state index contributed by atoms with van der Waals surface area (Å²) in [6.07, 6.45) is 3.82. The average Bonchev–Trinajstić information content (AvgIpc) is 3.08. The summed E-state index contributed by atoms with van der Waals surface area (Å²) < 4.78 is 7.93. The smallest absolute Gasteiger partial charge is 0.134 e. The molecule has 1 aliphatic heterocycles. The Morgan fingerprint density at radius 1 is 1.32 bits per heavy atom. The highest BCUT2D eigenvalue weighted by Crippen LogP contribution is 2.47. The summed E-state index contributed by atoms with van der Waals surface area (Å²) >= 11 is 5.44. The summed E-state index contributed by atoms with van der Waals surface area (Å²) in [5.74, 6) is 0. The first-order valence-electron chi connectivity index (χ1n) is 6.55. The van der Waals surface area contributed by atoms with Gasteiger partial charge in [0.1, 0.15) is 11.3 Å². The van der Waals surface area contributed by atoms with E-state index in [1.165, 1.54) is 11.3 Å². The lowest BCUT2D eigenvalue weighted by Crippen LogP contribution is -2.24. The fourth-order valence-corrected chi connectivity index (χ4v) is 3.14. The number of aromatic nitrogens is 2. The van der Waals surface area contributed by atoms with Crippen LogP contribution in [0, 0.1) is 0 Å². The maximum absolute atomic E-state index is 5.73. The van der Waals surface area contributed by atoms with Gasteiger partial charge in [-0.3, -0.25) is 0 Å². The standard InChI is InChI=1S/C15H14N2OS/c19-12-6-7-15(9-18-15)14-13(12)16-10-17(14)8-11-4-2-1-3-5-11/h1-5,10H,6-9H2. The quantitative estimate of drug-likeness (QED) is 0.621. The summed E-state index contributed by atoms with van der Waals surface area (Å²) in [5, 5.41) is 0. The molecule has 0 N–H and O–H groups in total. The number of ether oxygens (including phenoxy) is 1. The third kappa shape index (κ3) is 1.75. The molecule has 19 heavy (non-hydrogen) atoms. The Morgan fingerprint density at radius 3 is 2.84 bits per heavy atom. The molecule has 1 aromatic heterocycles. The molecule has 4 heteroatoms. The molecular formula is C15H14N2OS. The fraction of sp³-hybridized carbons (Fsp3) is 0.333. The van der Waals surface area contributed by atoms with Crippen LogP contribution in [0.1, 0.15) is 29.8 Å². The van der Waals surface area contributed by atoms with Crippen LogP contribution in [0.15, 0.2) is 36.7 Å². The normalized spacial score (nSPS) is 24.5. The van der Waals surface area contributed by atoms with Crippen molar-refractivity contribution in [2.24, 2.45) is 0 Å². The molecule has 1 aromatic carbocycles. The van der Waals surface area contributed by atoms with Gasteiger partial charge in [0, 0.05) is 11.4 Å². The Bertz CT molecular complexity index is 643. The predicted octanol–water partition coefficient (Wildman–Crippen LogP) is 2.67. The first kappa shape index (κ1) is 11.3. The van der Waals surface area contributed by atoms with Crippen LogP contribution in [0.5, 0.6) is 0 Å². The highest BCUT2D eigenvalue weighted by molar-refractivity contribution is 7.80. The second kappa shape index (κ2) is 3.99. The number of hydrogen-bond donors (Lipinski definition) is 0. The van der Waals surface area contributed by atoms with Crippen LogP contribution in [0.3, 0.4) is 0 Å². The van der Waals surface area contributed by atoms with Gasteiger partial charge in [0.2, 0.25) is 0 Å². The molecule has 1 atom stereocenters.